The molecule has 0 atom stereocenters. The highest BCUT2D eigenvalue weighted by atomic mass is 35.5. The molecule has 0 spiro atoms. The van der Waals surface area contributed by atoms with Gasteiger partial charge < -0.3 is 9.47 Å². The lowest BCUT2D eigenvalue weighted by Gasteiger charge is -2.09. The van der Waals surface area contributed by atoms with Gasteiger partial charge in [-0.2, -0.15) is 0 Å². The Bertz CT molecular complexity index is 375. The first-order valence-corrected chi connectivity index (χ1v) is 5.32. The Morgan fingerprint density at radius 3 is 2.75 bits per heavy atom. The average Bonchev–Trinajstić information content (AvgIpc) is 2.34. The van der Waals surface area contributed by atoms with E-state index in [1.807, 2.05) is 6.08 Å². The average molecular weight is 241 g/mol. The van der Waals surface area contributed by atoms with Crippen molar-refractivity contribution in [2.75, 3.05) is 19.6 Å². The number of allylic oxidation sites excluding steroid dienone is 1. The number of benzene rings is 1. The molecule has 86 valence electrons. The second-order valence-electron chi connectivity index (χ2n) is 2.96. The second kappa shape index (κ2) is 6.90. The molecule has 0 saturated carbocycles. The molecule has 0 unspecified atom stereocenters. The Kier molecular flexibility index (Phi) is 5.43. The molecule has 0 amide bonds. The summed E-state index contributed by atoms with van der Waals surface area (Å²) in [6.07, 6.45) is 4.38. The zero-order valence-corrected chi connectivity index (χ0v) is 9.74. The van der Waals surface area contributed by atoms with Crippen LogP contribution in [-0.4, -0.2) is 25.9 Å². The van der Waals surface area contributed by atoms with Crippen LogP contribution in [0.4, 0.5) is 0 Å². The van der Waals surface area contributed by atoms with Gasteiger partial charge in [-0.05, 0) is 18.2 Å². The smallest absolute Gasteiger partial charge is 0.161 e. The summed E-state index contributed by atoms with van der Waals surface area (Å²) in [7, 11) is 1.53. The molecule has 0 aliphatic heterocycles. The maximum atomic E-state index is 10.6. The van der Waals surface area contributed by atoms with Crippen LogP contribution in [0.25, 0.3) is 0 Å². The molecule has 3 nitrogen and oxygen atoms in total. The molecule has 1 aromatic rings. The monoisotopic (exact) mass is 240 g/mol. The minimum Gasteiger partial charge on any atom is -0.493 e. The minimum atomic E-state index is 0.420. The number of hydrogen-bond acceptors (Lipinski definition) is 3. The fourth-order valence-corrected chi connectivity index (χ4v) is 1.27. The van der Waals surface area contributed by atoms with Crippen LogP contribution in [0.2, 0.25) is 0 Å². The first kappa shape index (κ1) is 12.6. The molecule has 0 aliphatic rings. The summed E-state index contributed by atoms with van der Waals surface area (Å²) in [4.78, 5) is 10.6. The Morgan fingerprint density at radius 2 is 2.12 bits per heavy atom. The first-order chi connectivity index (χ1) is 7.81. The predicted octanol–water partition coefficient (Wildman–Crippen LogP) is 2.68. The molecule has 0 aromatic heterocycles. The third kappa shape index (κ3) is 3.59. The lowest BCUT2D eigenvalue weighted by Crippen LogP contribution is -1.97. The van der Waals surface area contributed by atoms with E-state index in [4.69, 9.17) is 21.1 Å². The number of carbonyl (C=O) groups is 1. The number of methoxy groups -OCH3 is 1. The molecule has 1 aromatic carbocycles. The molecule has 0 heterocycles. The molecule has 0 fully saturated rings. The summed E-state index contributed by atoms with van der Waals surface area (Å²) >= 11 is 5.48. The fraction of sp³-hybridized carbons (Fsp3) is 0.250. The van der Waals surface area contributed by atoms with Crippen LogP contribution in [0.15, 0.2) is 30.4 Å². The molecular formula is C12H13ClO3. The summed E-state index contributed by atoms with van der Waals surface area (Å²) in [5.74, 6) is 1.61. The van der Waals surface area contributed by atoms with Gasteiger partial charge in [0.2, 0.25) is 0 Å². The van der Waals surface area contributed by atoms with E-state index in [-0.39, 0.29) is 0 Å². The van der Waals surface area contributed by atoms with Gasteiger partial charge in [0.1, 0.15) is 12.9 Å². The van der Waals surface area contributed by atoms with Gasteiger partial charge in [-0.3, -0.25) is 4.79 Å². The molecule has 0 radical (unpaired) electrons. The summed E-state index contributed by atoms with van der Waals surface area (Å²) < 4.78 is 10.6. The van der Waals surface area contributed by atoms with Gasteiger partial charge in [-0.25, -0.2) is 0 Å². The Hall–Kier alpha value is -1.48. The topological polar surface area (TPSA) is 35.5 Å². The quantitative estimate of drug-likeness (QED) is 0.436. The van der Waals surface area contributed by atoms with Crippen LogP contribution in [0.1, 0.15) is 10.4 Å². The van der Waals surface area contributed by atoms with Crippen LogP contribution >= 0.6 is 11.6 Å². The Labute approximate surface area is 99.6 Å². The number of ether oxygens (including phenoxy) is 2. The van der Waals surface area contributed by atoms with Crippen molar-refractivity contribution in [1.29, 1.82) is 0 Å². The highest BCUT2D eigenvalue weighted by Crippen LogP contribution is 2.27. The summed E-state index contributed by atoms with van der Waals surface area (Å²) in [5, 5.41) is 0. The molecule has 16 heavy (non-hydrogen) atoms. The summed E-state index contributed by atoms with van der Waals surface area (Å²) in [6.45, 7) is 0.420. The minimum absolute atomic E-state index is 0.420. The van der Waals surface area contributed by atoms with Crippen molar-refractivity contribution in [2.45, 2.75) is 0 Å². The van der Waals surface area contributed by atoms with Crippen molar-refractivity contribution < 1.29 is 14.3 Å². The van der Waals surface area contributed by atoms with E-state index in [0.29, 0.717) is 29.5 Å². The van der Waals surface area contributed by atoms with Crippen LogP contribution in [0.3, 0.4) is 0 Å². The van der Waals surface area contributed by atoms with Gasteiger partial charge in [0.15, 0.2) is 11.5 Å². The Balaban J connectivity index is 2.71. The van der Waals surface area contributed by atoms with Crippen molar-refractivity contribution in [3.8, 4) is 11.5 Å². The van der Waals surface area contributed by atoms with Gasteiger partial charge in [0, 0.05) is 11.4 Å². The number of hydrogen-bond donors (Lipinski definition) is 0. The van der Waals surface area contributed by atoms with Crippen molar-refractivity contribution in [3.05, 3.63) is 35.9 Å². The SMILES string of the molecule is COc1cc(C=O)ccc1OCC=CCCl. The van der Waals surface area contributed by atoms with E-state index in [1.165, 1.54) is 7.11 Å². The van der Waals surface area contributed by atoms with Crippen LogP contribution in [-0.2, 0) is 0 Å². The number of alkyl halides is 1. The summed E-state index contributed by atoms with van der Waals surface area (Å²) in [5.41, 5.74) is 0.556. The number of rotatable bonds is 6. The number of carbonyl (C=O) groups excluding carboxylic acids is 1. The molecule has 4 heteroatoms. The zero-order chi connectivity index (χ0) is 11.8. The highest BCUT2D eigenvalue weighted by Gasteiger charge is 2.04. The van der Waals surface area contributed by atoms with Crippen molar-refractivity contribution in [1.82, 2.24) is 0 Å². The first-order valence-electron chi connectivity index (χ1n) is 4.78. The van der Waals surface area contributed by atoms with E-state index in [1.54, 1.807) is 24.3 Å². The fourth-order valence-electron chi connectivity index (χ4n) is 1.15. The lowest BCUT2D eigenvalue weighted by molar-refractivity contribution is 0.112. The second-order valence-corrected chi connectivity index (χ2v) is 3.27. The maximum Gasteiger partial charge on any atom is 0.161 e. The molecule has 0 aliphatic carbocycles. The van der Waals surface area contributed by atoms with E-state index < -0.39 is 0 Å². The van der Waals surface area contributed by atoms with E-state index in [0.717, 1.165) is 6.29 Å². The largest absolute Gasteiger partial charge is 0.493 e. The predicted molar refractivity (Wildman–Crippen MR) is 63.7 cm³/mol. The van der Waals surface area contributed by atoms with E-state index in [9.17, 15) is 4.79 Å². The number of aldehydes is 1. The number of halogens is 1. The van der Waals surface area contributed by atoms with Crippen molar-refractivity contribution >= 4 is 17.9 Å². The normalized spacial score (nSPS) is 10.4. The van der Waals surface area contributed by atoms with Gasteiger partial charge in [0.05, 0.1) is 7.11 Å². The standard InChI is InChI=1S/C12H13ClO3/c1-15-12-8-10(9-14)4-5-11(12)16-7-3-2-6-13/h2-5,8-9H,6-7H2,1H3. The lowest BCUT2D eigenvalue weighted by atomic mass is 10.2. The maximum absolute atomic E-state index is 10.6. The molecule has 0 N–H and O–H groups in total. The third-order valence-electron chi connectivity index (χ3n) is 1.91. The zero-order valence-electron chi connectivity index (χ0n) is 8.98. The van der Waals surface area contributed by atoms with Crippen LogP contribution < -0.4 is 9.47 Å². The summed E-state index contributed by atoms with van der Waals surface area (Å²) in [6, 6.07) is 5.01. The molecule has 0 saturated heterocycles. The van der Waals surface area contributed by atoms with Gasteiger partial charge in [-0.1, -0.05) is 12.2 Å². The van der Waals surface area contributed by atoms with E-state index >= 15 is 0 Å². The van der Waals surface area contributed by atoms with Crippen molar-refractivity contribution in [3.63, 3.8) is 0 Å². The van der Waals surface area contributed by atoms with Gasteiger partial charge in [-0.15, -0.1) is 11.6 Å². The van der Waals surface area contributed by atoms with Crippen molar-refractivity contribution in [2.24, 2.45) is 0 Å². The Morgan fingerprint density at radius 1 is 1.31 bits per heavy atom. The molecular weight excluding hydrogens is 228 g/mol. The van der Waals surface area contributed by atoms with Crippen LogP contribution in [0.5, 0.6) is 11.5 Å². The van der Waals surface area contributed by atoms with Gasteiger partial charge in [0.25, 0.3) is 0 Å². The third-order valence-corrected chi connectivity index (χ3v) is 2.09. The van der Waals surface area contributed by atoms with Crippen LogP contribution in [0, 0.1) is 0 Å². The highest BCUT2D eigenvalue weighted by molar-refractivity contribution is 6.18. The molecule has 1 rings (SSSR count). The van der Waals surface area contributed by atoms with E-state index in [2.05, 4.69) is 0 Å². The molecule has 0 bridgehead atoms. The van der Waals surface area contributed by atoms with Gasteiger partial charge >= 0.3 is 0 Å².